The lowest BCUT2D eigenvalue weighted by atomic mass is 10.3. The summed E-state index contributed by atoms with van der Waals surface area (Å²) >= 11 is 4.24. The summed E-state index contributed by atoms with van der Waals surface area (Å²) in [5.74, 6) is 0.146. The maximum Gasteiger partial charge on any atom is 0.284 e. The Balaban J connectivity index is 1.98. The Kier molecular flexibility index (Phi) is 5.49. The number of rotatable bonds is 5. The van der Waals surface area contributed by atoms with Gasteiger partial charge in [-0.3, -0.25) is 9.69 Å². The second kappa shape index (κ2) is 7.65. The number of benzene rings is 1. The van der Waals surface area contributed by atoms with Gasteiger partial charge in [0.15, 0.2) is 5.17 Å². The SMILES string of the molecule is C=CCN1C(=O)/C(=C/c2ccco2)SC1=NS(=O)(=O)c1ccc(Br)cc1. The van der Waals surface area contributed by atoms with E-state index in [4.69, 9.17) is 4.42 Å². The molecule has 9 heteroatoms. The average molecular weight is 453 g/mol. The molecule has 2 aromatic rings. The number of amides is 1. The number of thioether (sulfide) groups is 1. The normalized spacial score (nSPS) is 18.0. The van der Waals surface area contributed by atoms with Gasteiger partial charge in [-0.05, 0) is 48.2 Å². The Hall–Kier alpha value is -2.10. The van der Waals surface area contributed by atoms with E-state index in [-0.39, 0.29) is 22.5 Å². The van der Waals surface area contributed by atoms with Crippen LogP contribution in [0.25, 0.3) is 6.08 Å². The molecule has 0 bridgehead atoms. The van der Waals surface area contributed by atoms with E-state index in [1.807, 2.05) is 0 Å². The van der Waals surface area contributed by atoms with Crippen molar-refractivity contribution in [3.63, 3.8) is 0 Å². The van der Waals surface area contributed by atoms with Gasteiger partial charge < -0.3 is 4.42 Å². The van der Waals surface area contributed by atoms with Gasteiger partial charge in [-0.2, -0.15) is 8.42 Å². The highest BCUT2D eigenvalue weighted by Gasteiger charge is 2.34. The van der Waals surface area contributed by atoms with Gasteiger partial charge in [-0.25, -0.2) is 0 Å². The summed E-state index contributed by atoms with van der Waals surface area (Å²) in [5.41, 5.74) is 0. The van der Waals surface area contributed by atoms with Crippen molar-refractivity contribution in [2.24, 2.45) is 4.40 Å². The largest absolute Gasteiger partial charge is 0.465 e. The molecule has 3 rings (SSSR count). The zero-order valence-electron chi connectivity index (χ0n) is 13.3. The molecule has 0 aliphatic carbocycles. The van der Waals surface area contributed by atoms with E-state index >= 15 is 0 Å². The molecule has 1 aliphatic rings. The van der Waals surface area contributed by atoms with Crippen LogP contribution in [0.5, 0.6) is 0 Å². The Morgan fingerprint density at radius 3 is 2.62 bits per heavy atom. The smallest absolute Gasteiger partial charge is 0.284 e. The van der Waals surface area contributed by atoms with Crippen molar-refractivity contribution in [3.05, 3.63) is 70.5 Å². The minimum atomic E-state index is -3.95. The number of carbonyl (C=O) groups excluding carboxylic acids is 1. The second-order valence-corrected chi connectivity index (χ2v) is 8.66. The lowest BCUT2D eigenvalue weighted by Gasteiger charge is -2.12. The second-order valence-electron chi connectivity index (χ2n) is 5.13. The fourth-order valence-corrected chi connectivity index (χ4v) is 4.57. The molecule has 6 nitrogen and oxygen atoms in total. The fourth-order valence-electron chi connectivity index (χ4n) is 2.13. The summed E-state index contributed by atoms with van der Waals surface area (Å²) in [6, 6.07) is 9.52. The van der Waals surface area contributed by atoms with Gasteiger partial charge in [-0.1, -0.05) is 22.0 Å². The molecule has 26 heavy (non-hydrogen) atoms. The predicted octanol–water partition coefficient (Wildman–Crippen LogP) is 3.89. The first-order chi connectivity index (χ1) is 12.4. The molecule has 1 amide bonds. The first-order valence-electron chi connectivity index (χ1n) is 7.37. The first kappa shape index (κ1) is 18.7. The summed E-state index contributed by atoms with van der Waals surface area (Å²) in [5, 5.41) is 0.0793. The molecule has 1 aromatic heterocycles. The van der Waals surface area contributed by atoms with E-state index in [1.165, 1.54) is 29.4 Å². The highest BCUT2D eigenvalue weighted by atomic mass is 79.9. The lowest BCUT2D eigenvalue weighted by Crippen LogP contribution is -2.29. The highest BCUT2D eigenvalue weighted by molar-refractivity contribution is 9.10. The van der Waals surface area contributed by atoms with Gasteiger partial charge in [-0.15, -0.1) is 11.0 Å². The minimum Gasteiger partial charge on any atom is -0.465 e. The monoisotopic (exact) mass is 452 g/mol. The van der Waals surface area contributed by atoms with Crippen LogP contribution in [0.3, 0.4) is 0 Å². The summed E-state index contributed by atoms with van der Waals surface area (Å²) < 4.78 is 35.0. The van der Waals surface area contributed by atoms with Crippen LogP contribution in [-0.2, 0) is 14.8 Å². The number of halogens is 1. The molecule has 1 saturated heterocycles. The summed E-state index contributed by atoms with van der Waals surface area (Å²) in [6.45, 7) is 3.76. The molecule has 0 radical (unpaired) electrons. The third kappa shape index (κ3) is 4.00. The maximum atomic E-state index is 12.6. The van der Waals surface area contributed by atoms with Crippen LogP contribution in [0.4, 0.5) is 0 Å². The van der Waals surface area contributed by atoms with Gasteiger partial charge in [0.25, 0.3) is 15.9 Å². The minimum absolute atomic E-state index is 0.0447. The van der Waals surface area contributed by atoms with Crippen molar-refractivity contribution in [1.29, 1.82) is 0 Å². The Labute approximate surface area is 163 Å². The third-order valence-corrected chi connectivity index (χ3v) is 6.26. The third-order valence-electron chi connectivity index (χ3n) is 3.33. The van der Waals surface area contributed by atoms with Crippen LogP contribution in [0.2, 0.25) is 0 Å². The van der Waals surface area contributed by atoms with Crippen LogP contribution < -0.4 is 0 Å². The molecule has 1 fully saturated rings. The molecular weight excluding hydrogens is 440 g/mol. The van der Waals surface area contributed by atoms with Gasteiger partial charge in [0.1, 0.15) is 5.76 Å². The molecule has 134 valence electrons. The van der Waals surface area contributed by atoms with E-state index in [9.17, 15) is 13.2 Å². The van der Waals surface area contributed by atoms with E-state index in [0.717, 1.165) is 16.2 Å². The predicted molar refractivity (Wildman–Crippen MR) is 105 cm³/mol. The van der Waals surface area contributed by atoms with E-state index < -0.39 is 10.0 Å². The summed E-state index contributed by atoms with van der Waals surface area (Å²) in [7, 11) is -3.95. The van der Waals surface area contributed by atoms with Gasteiger partial charge in [0, 0.05) is 17.1 Å². The lowest BCUT2D eigenvalue weighted by molar-refractivity contribution is -0.121. The van der Waals surface area contributed by atoms with Crippen LogP contribution in [0.1, 0.15) is 5.76 Å². The van der Waals surface area contributed by atoms with E-state index in [0.29, 0.717) is 10.7 Å². The Morgan fingerprint density at radius 1 is 1.27 bits per heavy atom. The summed E-state index contributed by atoms with van der Waals surface area (Å²) in [4.78, 5) is 14.2. The molecule has 1 aliphatic heterocycles. The van der Waals surface area contributed by atoms with Crippen molar-refractivity contribution in [1.82, 2.24) is 4.90 Å². The molecule has 1 aromatic carbocycles. The first-order valence-corrected chi connectivity index (χ1v) is 10.4. The molecular formula is C17H13BrN2O4S2. The van der Waals surface area contributed by atoms with Crippen molar-refractivity contribution in [2.75, 3.05) is 6.54 Å². The van der Waals surface area contributed by atoms with Gasteiger partial charge in [0.2, 0.25) is 0 Å². The van der Waals surface area contributed by atoms with Crippen molar-refractivity contribution in [2.45, 2.75) is 4.90 Å². The number of hydrogen-bond acceptors (Lipinski definition) is 5. The molecule has 0 N–H and O–H groups in total. The topological polar surface area (TPSA) is 80.0 Å². The van der Waals surface area contributed by atoms with Crippen LogP contribution in [0, 0.1) is 0 Å². The standard InChI is InChI=1S/C17H13BrN2O4S2/c1-2-9-20-16(21)15(11-13-4-3-10-24-13)25-17(20)19-26(22,23)14-7-5-12(18)6-8-14/h2-8,10-11H,1,9H2/b15-11-,19-17?. The zero-order valence-corrected chi connectivity index (χ0v) is 16.6. The molecule has 2 heterocycles. The number of sulfonamides is 1. The van der Waals surface area contributed by atoms with Crippen LogP contribution in [0.15, 0.2) is 78.4 Å². The highest BCUT2D eigenvalue weighted by Crippen LogP contribution is 2.33. The van der Waals surface area contributed by atoms with Crippen molar-refractivity contribution >= 4 is 54.9 Å². The number of nitrogens with zero attached hydrogens (tertiary/aromatic N) is 2. The molecule has 0 atom stereocenters. The molecule has 0 spiro atoms. The van der Waals surface area contributed by atoms with Crippen LogP contribution >= 0.6 is 27.7 Å². The van der Waals surface area contributed by atoms with Gasteiger partial charge >= 0.3 is 0 Å². The van der Waals surface area contributed by atoms with Crippen molar-refractivity contribution < 1.29 is 17.6 Å². The zero-order chi connectivity index (χ0) is 18.7. The Bertz CT molecular complexity index is 994. The fraction of sp³-hybridized carbons (Fsp3) is 0.0588. The average Bonchev–Trinajstić information content (AvgIpc) is 3.20. The van der Waals surface area contributed by atoms with Crippen LogP contribution in [-0.4, -0.2) is 30.9 Å². The molecule has 0 unspecified atom stereocenters. The quantitative estimate of drug-likeness (QED) is 0.507. The Morgan fingerprint density at radius 2 is 2.00 bits per heavy atom. The van der Waals surface area contributed by atoms with Crippen molar-refractivity contribution in [3.8, 4) is 0 Å². The van der Waals surface area contributed by atoms with E-state index in [2.05, 4.69) is 26.9 Å². The number of furan rings is 1. The maximum absolute atomic E-state index is 12.6. The summed E-state index contributed by atoms with van der Waals surface area (Å²) in [6.07, 6.45) is 4.55. The molecule has 0 saturated carbocycles. The number of carbonyl (C=O) groups is 1. The van der Waals surface area contributed by atoms with E-state index in [1.54, 1.807) is 30.3 Å². The van der Waals surface area contributed by atoms with Gasteiger partial charge in [0.05, 0.1) is 16.1 Å². The number of hydrogen-bond donors (Lipinski definition) is 0. The number of amidine groups is 1.